The summed E-state index contributed by atoms with van der Waals surface area (Å²) in [6.45, 7) is 7.39. The van der Waals surface area contributed by atoms with Crippen molar-refractivity contribution in [2.24, 2.45) is 0 Å². The van der Waals surface area contributed by atoms with Gasteiger partial charge in [-0.2, -0.15) is 0 Å². The maximum Gasteiger partial charge on any atom is 0.243 e. The molecule has 1 amide bonds. The van der Waals surface area contributed by atoms with Crippen molar-refractivity contribution in [1.82, 2.24) is 5.32 Å². The first-order valence-electron chi connectivity index (χ1n) is 8.05. The Hall–Kier alpha value is -1.47. The summed E-state index contributed by atoms with van der Waals surface area (Å²) < 4.78 is 16.3. The zero-order chi connectivity index (χ0) is 16.5. The molecule has 0 aliphatic carbocycles. The first-order chi connectivity index (χ1) is 11.1. The van der Waals surface area contributed by atoms with E-state index in [0.717, 1.165) is 11.3 Å². The van der Waals surface area contributed by atoms with E-state index in [1.807, 2.05) is 38.1 Å². The molecule has 23 heavy (non-hydrogen) atoms. The fourth-order valence-corrected chi connectivity index (χ4v) is 2.23. The maximum absolute atomic E-state index is 12.1. The molecule has 1 aliphatic rings. The molecule has 128 valence electrons. The lowest BCUT2D eigenvalue weighted by Crippen LogP contribution is -2.48. The van der Waals surface area contributed by atoms with Crippen LogP contribution in [-0.4, -0.2) is 51.0 Å². The van der Waals surface area contributed by atoms with Crippen LogP contribution in [0.2, 0.25) is 0 Å². The minimum atomic E-state index is -0.295. The molecular formula is C17H26N2O4. The first-order valence-corrected chi connectivity index (χ1v) is 8.05. The highest BCUT2D eigenvalue weighted by Crippen LogP contribution is 2.12. The molecule has 1 fully saturated rings. The third-order valence-electron chi connectivity index (χ3n) is 3.38. The van der Waals surface area contributed by atoms with E-state index in [9.17, 15) is 4.79 Å². The summed E-state index contributed by atoms with van der Waals surface area (Å²) in [5, 5.41) is 6.04. The second-order valence-electron chi connectivity index (χ2n) is 5.74. The Bertz CT molecular complexity index is 487. The highest BCUT2D eigenvalue weighted by atomic mass is 16.5. The van der Waals surface area contributed by atoms with Gasteiger partial charge in [0.1, 0.15) is 6.04 Å². The lowest BCUT2D eigenvalue weighted by atomic mass is 10.2. The SMILES string of the molecule is CC(C)OCCOCc1cccc(NC(=O)C2COCCN2)c1. The van der Waals surface area contributed by atoms with Gasteiger partial charge in [0, 0.05) is 12.2 Å². The smallest absolute Gasteiger partial charge is 0.243 e. The predicted octanol–water partition coefficient (Wildman–Crippen LogP) is 1.56. The Morgan fingerprint density at radius 1 is 1.43 bits per heavy atom. The van der Waals surface area contributed by atoms with Crippen molar-refractivity contribution in [2.75, 3.05) is 38.3 Å². The Kier molecular flexibility index (Phi) is 7.48. The van der Waals surface area contributed by atoms with E-state index in [1.54, 1.807) is 0 Å². The van der Waals surface area contributed by atoms with E-state index in [1.165, 1.54) is 0 Å². The average Bonchev–Trinajstić information content (AvgIpc) is 2.55. The summed E-state index contributed by atoms with van der Waals surface area (Å²) in [6.07, 6.45) is 0.217. The van der Waals surface area contributed by atoms with Crippen LogP contribution >= 0.6 is 0 Å². The number of hydrogen-bond acceptors (Lipinski definition) is 5. The molecule has 1 atom stereocenters. The third kappa shape index (κ3) is 6.66. The Morgan fingerprint density at radius 2 is 2.30 bits per heavy atom. The molecule has 1 aromatic rings. The van der Waals surface area contributed by atoms with Gasteiger partial charge in [0.05, 0.1) is 39.1 Å². The van der Waals surface area contributed by atoms with E-state index in [2.05, 4.69) is 10.6 Å². The van der Waals surface area contributed by atoms with Gasteiger partial charge in [-0.25, -0.2) is 0 Å². The molecule has 1 heterocycles. The number of benzene rings is 1. The van der Waals surface area contributed by atoms with Gasteiger partial charge >= 0.3 is 0 Å². The van der Waals surface area contributed by atoms with Gasteiger partial charge in [-0.3, -0.25) is 4.79 Å². The van der Waals surface area contributed by atoms with E-state index < -0.39 is 0 Å². The van der Waals surface area contributed by atoms with Crippen LogP contribution in [0, 0.1) is 0 Å². The largest absolute Gasteiger partial charge is 0.378 e. The van der Waals surface area contributed by atoms with Gasteiger partial charge < -0.3 is 24.8 Å². The minimum absolute atomic E-state index is 0.0758. The molecule has 2 N–H and O–H groups in total. The predicted molar refractivity (Wildman–Crippen MR) is 88.4 cm³/mol. The van der Waals surface area contributed by atoms with Crippen LogP contribution in [0.15, 0.2) is 24.3 Å². The molecule has 0 bridgehead atoms. The molecule has 2 rings (SSSR count). The van der Waals surface area contributed by atoms with Crippen LogP contribution in [0.1, 0.15) is 19.4 Å². The number of carbonyl (C=O) groups excluding carboxylic acids is 1. The number of carbonyl (C=O) groups is 1. The van der Waals surface area contributed by atoms with Gasteiger partial charge in [-0.05, 0) is 31.5 Å². The number of hydrogen-bond donors (Lipinski definition) is 2. The highest BCUT2D eigenvalue weighted by Gasteiger charge is 2.21. The summed E-state index contributed by atoms with van der Waals surface area (Å²) in [4.78, 5) is 12.1. The summed E-state index contributed by atoms with van der Waals surface area (Å²) in [5.74, 6) is -0.0758. The van der Waals surface area contributed by atoms with Gasteiger partial charge in [-0.1, -0.05) is 12.1 Å². The molecule has 0 saturated carbocycles. The Morgan fingerprint density at radius 3 is 3.04 bits per heavy atom. The monoisotopic (exact) mass is 322 g/mol. The molecule has 6 heteroatoms. The first kappa shape index (κ1) is 17.9. The van der Waals surface area contributed by atoms with Crippen LogP contribution < -0.4 is 10.6 Å². The van der Waals surface area contributed by atoms with Gasteiger partial charge in [0.25, 0.3) is 0 Å². The number of amides is 1. The molecule has 6 nitrogen and oxygen atoms in total. The fourth-order valence-electron chi connectivity index (χ4n) is 2.23. The van der Waals surface area contributed by atoms with E-state index >= 15 is 0 Å². The van der Waals surface area contributed by atoms with E-state index in [-0.39, 0.29) is 18.1 Å². The lowest BCUT2D eigenvalue weighted by molar-refractivity contribution is -0.120. The molecule has 1 unspecified atom stereocenters. The second-order valence-corrected chi connectivity index (χ2v) is 5.74. The molecule has 1 aromatic carbocycles. The van der Waals surface area contributed by atoms with Crippen molar-refractivity contribution in [2.45, 2.75) is 32.6 Å². The van der Waals surface area contributed by atoms with Crippen molar-refractivity contribution in [3.8, 4) is 0 Å². The van der Waals surface area contributed by atoms with Crippen LogP contribution in [0.3, 0.4) is 0 Å². The highest BCUT2D eigenvalue weighted by molar-refractivity contribution is 5.95. The summed E-state index contributed by atoms with van der Waals surface area (Å²) >= 11 is 0. The van der Waals surface area contributed by atoms with Crippen LogP contribution in [-0.2, 0) is 25.6 Å². The molecule has 0 spiro atoms. The quantitative estimate of drug-likeness (QED) is 0.711. The van der Waals surface area contributed by atoms with Gasteiger partial charge in [0.15, 0.2) is 0 Å². The number of nitrogens with one attached hydrogen (secondary N) is 2. The maximum atomic E-state index is 12.1. The average molecular weight is 322 g/mol. The zero-order valence-corrected chi connectivity index (χ0v) is 13.8. The number of ether oxygens (including phenoxy) is 3. The zero-order valence-electron chi connectivity index (χ0n) is 13.8. The molecular weight excluding hydrogens is 296 g/mol. The van der Waals surface area contributed by atoms with E-state index in [4.69, 9.17) is 14.2 Å². The van der Waals surface area contributed by atoms with Crippen molar-refractivity contribution in [3.63, 3.8) is 0 Å². The number of morpholine rings is 1. The standard InChI is InChI=1S/C17H26N2O4/c1-13(2)23-9-8-22-11-14-4-3-5-15(10-14)19-17(20)16-12-21-7-6-18-16/h3-5,10,13,16,18H,6-9,11-12H2,1-2H3,(H,19,20). The second kappa shape index (κ2) is 9.62. The molecule has 1 aliphatic heterocycles. The van der Waals surface area contributed by atoms with Crippen molar-refractivity contribution in [3.05, 3.63) is 29.8 Å². The Labute approximate surface area is 137 Å². The van der Waals surface area contributed by atoms with Crippen LogP contribution in [0.5, 0.6) is 0 Å². The third-order valence-corrected chi connectivity index (χ3v) is 3.38. The summed E-state index contributed by atoms with van der Waals surface area (Å²) in [5.41, 5.74) is 1.78. The molecule has 0 radical (unpaired) electrons. The molecule has 0 aromatic heterocycles. The number of anilines is 1. The van der Waals surface area contributed by atoms with Crippen molar-refractivity contribution >= 4 is 11.6 Å². The minimum Gasteiger partial charge on any atom is -0.378 e. The Balaban J connectivity index is 1.76. The summed E-state index contributed by atoms with van der Waals surface area (Å²) in [7, 11) is 0. The van der Waals surface area contributed by atoms with Crippen molar-refractivity contribution < 1.29 is 19.0 Å². The van der Waals surface area contributed by atoms with Gasteiger partial charge in [-0.15, -0.1) is 0 Å². The molecule has 1 saturated heterocycles. The number of rotatable bonds is 8. The van der Waals surface area contributed by atoms with Crippen LogP contribution in [0.25, 0.3) is 0 Å². The van der Waals surface area contributed by atoms with Crippen molar-refractivity contribution in [1.29, 1.82) is 0 Å². The fraction of sp³-hybridized carbons (Fsp3) is 0.588. The normalized spacial score (nSPS) is 18.1. The topological polar surface area (TPSA) is 68.8 Å². The summed E-state index contributed by atoms with van der Waals surface area (Å²) in [6, 6.07) is 7.37. The lowest BCUT2D eigenvalue weighted by Gasteiger charge is -2.23. The van der Waals surface area contributed by atoms with E-state index in [0.29, 0.717) is 39.6 Å². The van der Waals surface area contributed by atoms with Gasteiger partial charge in [0.2, 0.25) is 5.91 Å². The van der Waals surface area contributed by atoms with Crippen LogP contribution in [0.4, 0.5) is 5.69 Å².